The fourth-order valence-electron chi connectivity index (χ4n) is 2.81. The molecule has 0 aromatic heterocycles. The third-order valence-electron chi connectivity index (χ3n) is 4.10. The van der Waals surface area contributed by atoms with Crippen LogP contribution in [0.25, 0.3) is 0 Å². The van der Waals surface area contributed by atoms with Gasteiger partial charge in [0.25, 0.3) is 5.91 Å². The molecular formula is C22H29NO4. The molecule has 0 atom stereocenters. The van der Waals surface area contributed by atoms with Gasteiger partial charge in [-0.2, -0.15) is 0 Å². The first-order valence-electron chi connectivity index (χ1n) is 9.39. The first kappa shape index (κ1) is 20.6. The zero-order valence-electron chi connectivity index (χ0n) is 16.6. The molecule has 0 saturated carbocycles. The van der Waals surface area contributed by atoms with Crippen molar-refractivity contribution in [3.63, 3.8) is 0 Å². The first-order valence-corrected chi connectivity index (χ1v) is 9.39. The van der Waals surface area contributed by atoms with Crippen molar-refractivity contribution < 1.29 is 19.0 Å². The smallest absolute Gasteiger partial charge is 0.257 e. The van der Waals surface area contributed by atoms with Crippen molar-refractivity contribution in [1.82, 2.24) is 5.32 Å². The molecule has 0 saturated heterocycles. The average Bonchev–Trinajstić information content (AvgIpc) is 2.64. The van der Waals surface area contributed by atoms with Crippen LogP contribution in [0.5, 0.6) is 17.2 Å². The third-order valence-corrected chi connectivity index (χ3v) is 4.10. The van der Waals surface area contributed by atoms with Crippen molar-refractivity contribution >= 4 is 5.91 Å². The SMILES string of the molecule is CCOc1ccc(CCNC(=O)COc2c(C)cccc2C)cc1OCC. The van der Waals surface area contributed by atoms with Crippen molar-refractivity contribution in [3.05, 3.63) is 53.1 Å². The number of hydrogen-bond donors (Lipinski definition) is 1. The molecule has 0 spiro atoms. The molecule has 1 amide bonds. The second-order valence-corrected chi connectivity index (χ2v) is 6.26. The minimum atomic E-state index is -0.131. The van der Waals surface area contributed by atoms with Crippen molar-refractivity contribution in [2.45, 2.75) is 34.1 Å². The number of ether oxygens (including phenoxy) is 3. The second-order valence-electron chi connectivity index (χ2n) is 6.26. The lowest BCUT2D eigenvalue weighted by molar-refractivity contribution is -0.123. The molecular weight excluding hydrogens is 342 g/mol. The summed E-state index contributed by atoms with van der Waals surface area (Å²) < 4.78 is 16.9. The highest BCUT2D eigenvalue weighted by atomic mass is 16.5. The van der Waals surface area contributed by atoms with Gasteiger partial charge in [0.1, 0.15) is 5.75 Å². The quantitative estimate of drug-likeness (QED) is 0.689. The van der Waals surface area contributed by atoms with E-state index in [1.807, 2.05) is 64.1 Å². The van der Waals surface area contributed by atoms with Gasteiger partial charge in [-0.3, -0.25) is 4.79 Å². The van der Waals surface area contributed by atoms with E-state index in [2.05, 4.69) is 5.32 Å². The lowest BCUT2D eigenvalue weighted by atomic mass is 10.1. The van der Waals surface area contributed by atoms with Crippen LogP contribution in [-0.2, 0) is 11.2 Å². The van der Waals surface area contributed by atoms with Crippen LogP contribution in [0.3, 0.4) is 0 Å². The van der Waals surface area contributed by atoms with Crippen molar-refractivity contribution in [2.24, 2.45) is 0 Å². The van der Waals surface area contributed by atoms with E-state index in [1.165, 1.54) is 0 Å². The third kappa shape index (κ3) is 6.20. The largest absolute Gasteiger partial charge is 0.490 e. The lowest BCUT2D eigenvalue weighted by Crippen LogP contribution is -2.30. The summed E-state index contributed by atoms with van der Waals surface area (Å²) in [7, 11) is 0. The molecule has 27 heavy (non-hydrogen) atoms. The van der Waals surface area contributed by atoms with Crippen LogP contribution < -0.4 is 19.5 Å². The van der Waals surface area contributed by atoms with Crippen LogP contribution in [-0.4, -0.2) is 32.3 Å². The number of carbonyl (C=O) groups is 1. The molecule has 5 heteroatoms. The predicted octanol–water partition coefficient (Wildman–Crippen LogP) is 3.84. The number of rotatable bonds is 10. The molecule has 2 aromatic rings. The van der Waals surface area contributed by atoms with Crippen LogP contribution >= 0.6 is 0 Å². The molecule has 0 fully saturated rings. The summed E-state index contributed by atoms with van der Waals surface area (Å²) in [5.41, 5.74) is 3.14. The van der Waals surface area contributed by atoms with Gasteiger partial charge in [-0.15, -0.1) is 0 Å². The number of nitrogens with one attached hydrogen (secondary N) is 1. The lowest BCUT2D eigenvalue weighted by Gasteiger charge is -2.13. The van der Waals surface area contributed by atoms with E-state index in [1.54, 1.807) is 0 Å². The Morgan fingerprint density at radius 1 is 0.926 bits per heavy atom. The van der Waals surface area contributed by atoms with Crippen LogP contribution in [0.2, 0.25) is 0 Å². The van der Waals surface area contributed by atoms with Crippen molar-refractivity contribution in [2.75, 3.05) is 26.4 Å². The van der Waals surface area contributed by atoms with Gasteiger partial charge in [0.2, 0.25) is 0 Å². The number of benzene rings is 2. The number of aryl methyl sites for hydroxylation is 2. The van der Waals surface area contributed by atoms with E-state index in [-0.39, 0.29) is 12.5 Å². The Hall–Kier alpha value is -2.69. The molecule has 0 radical (unpaired) electrons. The molecule has 0 bridgehead atoms. The Morgan fingerprint density at radius 3 is 2.26 bits per heavy atom. The number of carbonyl (C=O) groups excluding carboxylic acids is 1. The number of hydrogen-bond acceptors (Lipinski definition) is 4. The Kier molecular flexibility index (Phi) is 7.99. The van der Waals surface area contributed by atoms with E-state index in [9.17, 15) is 4.79 Å². The molecule has 146 valence electrons. The van der Waals surface area contributed by atoms with Gasteiger partial charge in [0.15, 0.2) is 18.1 Å². The zero-order chi connectivity index (χ0) is 19.6. The Bertz CT molecular complexity index is 738. The van der Waals surface area contributed by atoms with E-state index in [4.69, 9.17) is 14.2 Å². The van der Waals surface area contributed by atoms with Gasteiger partial charge in [0, 0.05) is 6.54 Å². The summed E-state index contributed by atoms with van der Waals surface area (Å²) in [6, 6.07) is 11.8. The average molecular weight is 371 g/mol. The Labute approximate surface area is 161 Å². The van der Waals surface area contributed by atoms with Crippen LogP contribution in [0.4, 0.5) is 0 Å². The Morgan fingerprint density at radius 2 is 1.59 bits per heavy atom. The number of para-hydroxylation sites is 1. The summed E-state index contributed by atoms with van der Waals surface area (Å²) in [6.07, 6.45) is 0.710. The molecule has 0 heterocycles. The van der Waals surface area contributed by atoms with Crippen molar-refractivity contribution in [1.29, 1.82) is 0 Å². The Balaban J connectivity index is 1.83. The maximum Gasteiger partial charge on any atom is 0.257 e. The van der Waals surface area contributed by atoms with Gasteiger partial charge in [0.05, 0.1) is 13.2 Å². The van der Waals surface area contributed by atoms with Gasteiger partial charge < -0.3 is 19.5 Å². The van der Waals surface area contributed by atoms with E-state index >= 15 is 0 Å². The molecule has 5 nitrogen and oxygen atoms in total. The predicted molar refractivity (Wildman–Crippen MR) is 107 cm³/mol. The summed E-state index contributed by atoms with van der Waals surface area (Å²) in [5.74, 6) is 2.13. The normalized spacial score (nSPS) is 10.4. The highest BCUT2D eigenvalue weighted by Gasteiger charge is 2.09. The monoisotopic (exact) mass is 371 g/mol. The first-order chi connectivity index (χ1) is 13.0. The highest BCUT2D eigenvalue weighted by molar-refractivity contribution is 5.77. The maximum absolute atomic E-state index is 12.1. The van der Waals surface area contributed by atoms with Crippen LogP contribution in [0, 0.1) is 13.8 Å². The van der Waals surface area contributed by atoms with Gasteiger partial charge >= 0.3 is 0 Å². The molecule has 2 aromatic carbocycles. The second kappa shape index (κ2) is 10.5. The van der Waals surface area contributed by atoms with Gasteiger partial charge in [-0.1, -0.05) is 24.3 Å². The fourth-order valence-corrected chi connectivity index (χ4v) is 2.81. The maximum atomic E-state index is 12.1. The molecule has 0 aliphatic carbocycles. The molecule has 1 N–H and O–H groups in total. The number of amides is 1. The van der Waals surface area contributed by atoms with E-state index in [0.717, 1.165) is 33.9 Å². The summed E-state index contributed by atoms with van der Waals surface area (Å²) >= 11 is 0. The van der Waals surface area contributed by atoms with E-state index < -0.39 is 0 Å². The van der Waals surface area contributed by atoms with Gasteiger partial charge in [-0.05, 0) is 62.9 Å². The standard InChI is InChI=1S/C22H29NO4/c1-5-25-19-11-10-18(14-20(19)26-6-2)12-13-23-21(24)15-27-22-16(3)8-7-9-17(22)4/h7-11,14H,5-6,12-13,15H2,1-4H3,(H,23,24). The zero-order valence-corrected chi connectivity index (χ0v) is 16.6. The minimum Gasteiger partial charge on any atom is -0.490 e. The summed E-state index contributed by atoms with van der Waals surface area (Å²) in [5, 5.41) is 2.90. The van der Waals surface area contributed by atoms with Crippen molar-refractivity contribution in [3.8, 4) is 17.2 Å². The molecule has 0 aliphatic rings. The molecule has 0 unspecified atom stereocenters. The minimum absolute atomic E-state index is 0.0131. The molecule has 2 rings (SSSR count). The fraction of sp³-hybridized carbons (Fsp3) is 0.409. The van der Waals surface area contributed by atoms with E-state index in [0.29, 0.717) is 26.2 Å². The van der Waals surface area contributed by atoms with Crippen LogP contribution in [0.1, 0.15) is 30.5 Å². The summed E-state index contributed by atoms with van der Waals surface area (Å²) in [4.78, 5) is 12.1. The molecule has 0 aliphatic heterocycles. The topological polar surface area (TPSA) is 56.8 Å². The highest BCUT2D eigenvalue weighted by Crippen LogP contribution is 2.28. The summed E-state index contributed by atoms with van der Waals surface area (Å²) in [6.45, 7) is 9.56. The van der Waals surface area contributed by atoms with Crippen LogP contribution in [0.15, 0.2) is 36.4 Å². The van der Waals surface area contributed by atoms with Gasteiger partial charge in [-0.25, -0.2) is 0 Å².